The molecule has 0 amide bonds. The molecule has 1 aliphatic rings. The Labute approximate surface area is 59.9 Å². The average molecular weight is 140 g/mol. The molecule has 0 N–H and O–H groups in total. The fourth-order valence-corrected chi connectivity index (χ4v) is 0.393. The topological polar surface area (TPSA) is 0 Å². The van der Waals surface area contributed by atoms with E-state index in [1.54, 1.807) is 0 Å². The van der Waals surface area contributed by atoms with Gasteiger partial charge in [0.1, 0.15) is 0 Å². The van der Waals surface area contributed by atoms with Crippen LogP contribution in [0.3, 0.4) is 0 Å². The summed E-state index contributed by atoms with van der Waals surface area (Å²) in [5, 5.41) is 0. The van der Waals surface area contributed by atoms with Crippen LogP contribution in [0, 0.1) is 0 Å². The highest BCUT2D eigenvalue weighted by Gasteiger charge is 1.72. The van der Waals surface area contributed by atoms with Gasteiger partial charge >= 0.3 is 0 Å². The van der Waals surface area contributed by atoms with Gasteiger partial charge in [-0.15, -0.1) is 0 Å². The van der Waals surface area contributed by atoms with Crippen LogP contribution < -0.4 is 0 Å². The van der Waals surface area contributed by atoms with Crippen molar-refractivity contribution in [2.75, 3.05) is 0 Å². The summed E-state index contributed by atoms with van der Waals surface area (Å²) in [4.78, 5) is 0. The van der Waals surface area contributed by atoms with Gasteiger partial charge in [-0.2, -0.15) is 0 Å². The zero-order valence-corrected chi connectivity index (χ0v) is 7.75. The maximum absolute atomic E-state index is 2.31. The van der Waals surface area contributed by atoms with E-state index in [1.807, 2.05) is 0 Å². The fraction of sp³-hybridized carbons (Fsp3) is 0.500. The van der Waals surface area contributed by atoms with Crippen molar-refractivity contribution in [1.29, 1.82) is 0 Å². The minimum absolute atomic E-state index is 0.139. The molecule has 0 fully saturated rings. The summed E-state index contributed by atoms with van der Waals surface area (Å²) >= 11 is 0. The Morgan fingerprint density at radius 3 is 1.44 bits per heavy atom. The molecule has 0 nitrogen and oxygen atoms in total. The zero-order chi connectivity index (χ0) is 7.11. The highest BCUT2D eigenvalue weighted by Crippen LogP contribution is 1.93. The van der Waals surface area contributed by atoms with Gasteiger partial charge in [0.15, 0.2) is 0 Å². The summed E-state index contributed by atoms with van der Waals surface area (Å²) < 4.78 is 0. The molecule has 0 unspecified atom stereocenters. The predicted molar refractivity (Wildman–Crippen MR) is 47.6 cm³/mol. The summed E-state index contributed by atoms with van der Waals surface area (Å²) in [6.07, 6.45) is 9.50. The van der Waals surface area contributed by atoms with Gasteiger partial charge in [-0.25, -0.2) is 0 Å². The molecule has 0 atom stereocenters. The molecular weight excluding hydrogens is 124 g/mol. The van der Waals surface area contributed by atoms with Crippen molar-refractivity contribution in [2.45, 2.75) is 26.1 Å². The van der Waals surface area contributed by atoms with Crippen LogP contribution in [0.25, 0.3) is 0 Å². The number of allylic oxidation sites excluding steroid dienone is 4. The third kappa shape index (κ3) is 11.3. The molecule has 0 aromatic carbocycles. The summed E-state index contributed by atoms with van der Waals surface area (Å²) in [6, 6.07) is 0. The lowest BCUT2D eigenvalue weighted by atomic mass is 10.5. The van der Waals surface area contributed by atoms with Gasteiger partial charge < -0.3 is 0 Å². The van der Waals surface area contributed by atoms with Crippen molar-refractivity contribution in [3.05, 3.63) is 24.3 Å². The molecule has 0 aromatic heterocycles. The van der Waals surface area contributed by atoms with E-state index >= 15 is 0 Å². The molecule has 0 heterocycles. The van der Waals surface area contributed by atoms with Gasteiger partial charge in [0.2, 0.25) is 0 Å². The molecule has 0 bridgehead atoms. The second kappa shape index (κ2) is 5.83. The standard InChI is InChI=1S/C5H6.C3H10Si/c1-2-4-5-3-1;1-4(2)3/h1-4H,5H2;4H,1-3H3. The lowest BCUT2D eigenvalue weighted by molar-refractivity contribution is 1.45. The van der Waals surface area contributed by atoms with E-state index < -0.39 is 0 Å². The number of rotatable bonds is 0. The normalized spacial score (nSPS) is 13.8. The zero-order valence-electron chi connectivity index (χ0n) is 6.59. The molecule has 9 heavy (non-hydrogen) atoms. The maximum Gasteiger partial charge on any atom is 0.0274 e. The Kier molecular flexibility index (Phi) is 5.63. The van der Waals surface area contributed by atoms with E-state index in [1.165, 1.54) is 0 Å². The van der Waals surface area contributed by atoms with Crippen LogP contribution in [-0.2, 0) is 0 Å². The monoisotopic (exact) mass is 140 g/mol. The minimum Gasteiger partial charge on any atom is -0.0808 e. The molecule has 1 aliphatic carbocycles. The Hall–Kier alpha value is -0.303. The van der Waals surface area contributed by atoms with Crippen LogP contribution in [0.5, 0.6) is 0 Å². The molecule has 1 rings (SSSR count). The van der Waals surface area contributed by atoms with Crippen molar-refractivity contribution >= 4 is 8.80 Å². The molecule has 0 saturated heterocycles. The summed E-state index contributed by atoms with van der Waals surface area (Å²) in [5.41, 5.74) is 0. The number of hydrogen-bond acceptors (Lipinski definition) is 0. The first-order valence-electron chi connectivity index (χ1n) is 3.55. The molecule has 0 aromatic rings. The maximum atomic E-state index is 2.31. The van der Waals surface area contributed by atoms with E-state index in [0.29, 0.717) is 0 Å². The van der Waals surface area contributed by atoms with Gasteiger partial charge in [-0.05, 0) is 6.42 Å². The predicted octanol–water partition coefficient (Wildman–Crippen LogP) is 2.61. The van der Waals surface area contributed by atoms with Crippen molar-refractivity contribution in [3.63, 3.8) is 0 Å². The van der Waals surface area contributed by atoms with Crippen molar-refractivity contribution < 1.29 is 0 Å². The molecule has 0 spiro atoms. The van der Waals surface area contributed by atoms with Crippen LogP contribution in [0.4, 0.5) is 0 Å². The number of hydrogen-bond donors (Lipinski definition) is 0. The van der Waals surface area contributed by atoms with Gasteiger partial charge in [0, 0.05) is 8.80 Å². The van der Waals surface area contributed by atoms with Crippen molar-refractivity contribution in [3.8, 4) is 0 Å². The lowest BCUT2D eigenvalue weighted by Gasteiger charge is -1.75. The fourth-order valence-electron chi connectivity index (χ4n) is 0.393. The average Bonchev–Trinajstić information content (AvgIpc) is 2.11. The van der Waals surface area contributed by atoms with Crippen LogP contribution in [0.2, 0.25) is 19.6 Å². The summed E-state index contributed by atoms with van der Waals surface area (Å²) in [6.45, 7) is 6.92. The van der Waals surface area contributed by atoms with Crippen LogP contribution in [0.1, 0.15) is 6.42 Å². The summed E-state index contributed by atoms with van der Waals surface area (Å²) in [5.74, 6) is 0. The summed E-state index contributed by atoms with van der Waals surface area (Å²) in [7, 11) is -0.139. The van der Waals surface area contributed by atoms with Gasteiger partial charge in [-0.1, -0.05) is 43.9 Å². The van der Waals surface area contributed by atoms with E-state index in [2.05, 4.69) is 43.9 Å². The van der Waals surface area contributed by atoms with Gasteiger partial charge in [-0.3, -0.25) is 0 Å². The van der Waals surface area contributed by atoms with Gasteiger partial charge in [0.05, 0.1) is 0 Å². The first kappa shape index (κ1) is 8.70. The first-order valence-corrected chi connectivity index (χ1v) is 7.01. The largest absolute Gasteiger partial charge is 0.0808 e. The lowest BCUT2D eigenvalue weighted by Crippen LogP contribution is -1.84. The Balaban J connectivity index is 0.000000148. The first-order chi connectivity index (χ1) is 4.23. The third-order valence-electron chi connectivity index (χ3n) is 0.655. The van der Waals surface area contributed by atoms with E-state index in [0.717, 1.165) is 6.42 Å². The Bertz CT molecular complexity index is 88.4. The smallest absolute Gasteiger partial charge is 0.0274 e. The van der Waals surface area contributed by atoms with Crippen LogP contribution in [-0.4, -0.2) is 8.80 Å². The Morgan fingerprint density at radius 2 is 1.33 bits per heavy atom. The van der Waals surface area contributed by atoms with E-state index in [4.69, 9.17) is 0 Å². The second-order valence-electron chi connectivity index (χ2n) is 2.82. The molecule has 0 radical (unpaired) electrons. The molecule has 52 valence electrons. The highest BCUT2D eigenvalue weighted by molar-refractivity contribution is 6.54. The third-order valence-corrected chi connectivity index (χ3v) is 0.655. The second-order valence-corrected chi connectivity index (χ2v) is 6.29. The van der Waals surface area contributed by atoms with Crippen molar-refractivity contribution in [2.24, 2.45) is 0 Å². The van der Waals surface area contributed by atoms with Crippen LogP contribution >= 0.6 is 0 Å². The quantitative estimate of drug-likeness (QED) is 0.454. The SMILES string of the molecule is C1=CCC=C1.C[SiH](C)C. The molecule has 0 saturated carbocycles. The highest BCUT2D eigenvalue weighted by atomic mass is 28.3. The molecule has 0 aliphatic heterocycles. The van der Waals surface area contributed by atoms with Crippen LogP contribution in [0.15, 0.2) is 24.3 Å². The van der Waals surface area contributed by atoms with Crippen molar-refractivity contribution in [1.82, 2.24) is 0 Å². The van der Waals surface area contributed by atoms with Gasteiger partial charge in [0.25, 0.3) is 0 Å². The Morgan fingerprint density at radius 1 is 1.00 bits per heavy atom. The minimum atomic E-state index is -0.139. The van der Waals surface area contributed by atoms with E-state index in [-0.39, 0.29) is 8.80 Å². The molecular formula is C8H16Si. The molecule has 1 heteroatoms. The van der Waals surface area contributed by atoms with E-state index in [9.17, 15) is 0 Å².